The summed E-state index contributed by atoms with van der Waals surface area (Å²) < 4.78 is 0. The molecule has 0 atom stereocenters. The number of rotatable bonds is 4. The Morgan fingerprint density at radius 2 is 2.12 bits per heavy atom. The van der Waals surface area contributed by atoms with Crippen molar-refractivity contribution in [2.75, 3.05) is 0 Å². The van der Waals surface area contributed by atoms with Gasteiger partial charge in [0.05, 0.1) is 0 Å². The molecule has 0 aliphatic heterocycles. The van der Waals surface area contributed by atoms with Crippen molar-refractivity contribution in [1.29, 1.82) is 0 Å². The average molecular weight is 218 g/mol. The van der Waals surface area contributed by atoms with Gasteiger partial charge in [0, 0.05) is 12.7 Å². The van der Waals surface area contributed by atoms with Gasteiger partial charge in [-0.1, -0.05) is 37.3 Å². The molecular formula is C13H18N2O. The lowest BCUT2D eigenvalue weighted by Crippen LogP contribution is -2.31. The van der Waals surface area contributed by atoms with Crippen LogP contribution in [0.2, 0.25) is 0 Å². The van der Waals surface area contributed by atoms with Crippen molar-refractivity contribution in [3.05, 3.63) is 47.7 Å². The maximum atomic E-state index is 11.3. The van der Waals surface area contributed by atoms with Crippen LogP contribution in [0.25, 0.3) is 0 Å². The third-order valence-electron chi connectivity index (χ3n) is 2.27. The third kappa shape index (κ3) is 4.17. The van der Waals surface area contributed by atoms with Gasteiger partial charge in [0.2, 0.25) is 0 Å². The number of hydrogen-bond acceptors (Lipinski definition) is 1. The van der Waals surface area contributed by atoms with E-state index < -0.39 is 0 Å². The van der Waals surface area contributed by atoms with Gasteiger partial charge >= 0.3 is 6.03 Å². The molecule has 3 heteroatoms. The molecule has 0 fully saturated rings. The highest BCUT2D eigenvalue weighted by molar-refractivity contribution is 5.74. The third-order valence-corrected chi connectivity index (χ3v) is 2.27. The van der Waals surface area contributed by atoms with Gasteiger partial charge in [-0.05, 0) is 24.5 Å². The summed E-state index contributed by atoms with van der Waals surface area (Å²) in [4.78, 5) is 11.3. The Kier molecular flexibility index (Phi) is 5.12. The zero-order chi connectivity index (χ0) is 11.8. The van der Waals surface area contributed by atoms with E-state index in [2.05, 4.69) is 10.6 Å². The first-order chi connectivity index (χ1) is 7.74. The van der Waals surface area contributed by atoms with Crippen molar-refractivity contribution in [1.82, 2.24) is 10.6 Å². The number of aryl methyl sites for hydroxylation is 1. The Hall–Kier alpha value is -1.77. The highest BCUT2D eigenvalue weighted by Crippen LogP contribution is 2.05. The van der Waals surface area contributed by atoms with Crippen LogP contribution in [0, 0.1) is 6.92 Å². The fraction of sp³-hybridized carbons (Fsp3) is 0.308. The average Bonchev–Trinajstić information content (AvgIpc) is 2.28. The number of benzene rings is 1. The van der Waals surface area contributed by atoms with Gasteiger partial charge in [-0.25, -0.2) is 4.79 Å². The molecule has 0 aliphatic carbocycles. The largest absolute Gasteiger partial charge is 0.334 e. The second-order valence-corrected chi connectivity index (χ2v) is 3.56. The van der Waals surface area contributed by atoms with Crippen LogP contribution in [-0.4, -0.2) is 6.03 Å². The number of allylic oxidation sites excluding steroid dienone is 1. The first-order valence-corrected chi connectivity index (χ1v) is 5.48. The first kappa shape index (κ1) is 12.3. The van der Waals surface area contributed by atoms with E-state index >= 15 is 0 Å². The molecule has 0 saturated carbocycles. The van der Waals surface area contributed by atoms with Crippen molar-refractivity contribution in [3.8, 4) is 0 Å². The second-order valence-electron chi connectivity index (χ2n) is 3.56. The molecule has 2 N–H and O–H groups in total. The summed E-state index contributed by atoms with van der Waals surface area (Å²) in [5, 5.41) is 5.44. The van der Waals surface area contributed by atoms with Crippen molar-refractivity contribution < 1.29 is 4.79 Å². The minimum Gasteiger partial charge on any atom is -0.334 e. The Morgan fingerprint density at radius 3 is 2.81 bits per heavy atom. The van der Waals surface area contributed by atoms with Crippen LogP contribution < -0.4 is 10.6 Å². The van der Waals surface area contributed by atoms with Crippen LogP contribution in [0.4, 0.5) is 4.79 Å². The summed E-state index contributed by atoms with van der Waals surface area (Å²) in [6.07, 6.45) is 4.47. The number of urea groups is 1. The Balaban J connectivity index is 2.37. The fourth-order valence-corrected chi connectivity index (χ4v) is 1.29. The van der Waals surface area contributed by atoms with E-state index in [4.69, 9.17) is 0 Å². The predicted molar refractivity (Wildman–Crippen MR) is 66.0 cm³/mol. The molecule has 0 bridgehead atoms. The zero-order valence-electron chi connectivity index (χ0n) is 9.79. The molecule has 0 heterocycles. The normalized spacial score (nSPS) is 10.4. The van der Waals surface area contributed by atoms with Gasteiger partial charge < -0.3 is 10.6 Å². The lowest BCUT2D eigenvalue weighted by atomic mass is 10.1. The van der Waals surface area contributed by atoms with E-state index in [1.165, 1.54) is 5.56 Å². The van der Waals surface area contributed by atoms with Crippen LogP contribution in [-0.2, 0) is 6.54 Å². The SMILES string of the molecule is CC/C=C/NC(=O)NCc1ccccc1C. The lowest BCUT2D eigenvalue weighted by Gasteiger charge is -2.07. The van der Waals surface area contributed by atoms with Crippen LogP contribution in [0.3, 0.4) is 0 Å². The molecule has 0 unspecified atom stereocenters. The van der Waals surface area contributed by atoms with E-state index in [1.54, 1.807) is 6.20 Å². The summed E-state index contributed by atoms with van der Waals surface area (Å²) in [5.74, 6) is 0. The first-order valence-electron chi connectivity index (χ1n) is 5.48. The highest BCUT2D eigenvalue weighted by atomic mass is 16.2. The topological polar surface area (TPSA) is 41.1 Å². The monoisotopic (exact) mass is 218 g/mol. The van der Waals surface area contributed by atoms with Crippen molar-refractivity contribution >= 4 is 6.03 Å². The molecule has 3 nitrogen and oxygen atoms in total. The number of hydrogen-bond donors (Lipinski definition) is 2. The maximum Gasteiger partial charge on any atom is 0.319 e. The smallest absolute Gasteiger partial charge is 0.319 e. The Bertz CT molecular complexity index is 372. The number of carbonyl (C=O) groups is 1. The summed E-state index contributed by atoms with van der Waals surface area (Å²) in [7, 11) is 0. The molecule has 0 radical (unpaired) electrons. The van der Waals surface area contributed by atoms with Gasteiger partial charge in [-0.3, -0.25) is 0 Å². The minimum atomic E-state index is -0.173. The minimum absolute atomic E-state index is 0.173. The molecule has 16 heavy (non-hydrogen) atoms. The van der Waals surface area contributed by atoms with Crippen LogP contribution in [0.1, 0.15) is 24.5 Å². The van der Waals surface area contributed by atoms with Crippen molar-refractivity contribution in [3.63, 3.8) is 0 Å². The summed E-state index contributed by atoms with van der Waals surface area (Å²) in [5.41, 5.74) is 2.32. The molecule has 0 aliphatic rings. The van der Waals surface area contributed by atoms with E-state index in [0.717, 1.165) is 12.0 Å². The Morgan fingerprint density at radius 1 is 1.38 bits per heavy atom. The van der Waals surface area contributed by atoms with Crippen molar-refractivity contribution in [2.45, 2.75) is 26.8 Å². The molecule has 2 amide bonds. The molecule has 0 spiro atoms. The standard InChI is InChI=1S/C13H18N2O/c1-3-4-9-14-13(16)15-10-12-8-6-5-7-11(12)2/h4-9H,3,10H2,1-2H3,(H2,14,15,16)/b9-4+. The summed E-state index contributed by atoms with van der Waals surface area (Å²) >= 11 is 0. The molecule has 86 valence electrons. The Labute approximate surface area is 96.6 Å². The van der Waals surface area contributed by atoms with Gasteiger partial charge in [0.1, 0.15) is 0 Å². The predicted octanol–water partition coefficient (Wildman–Crippen LogP) is 2.72. The molecule has 1 aromatic rings. The van der Waals surface area contributed by atoms with Crippen molar-refractivity contribution in [2.24, 2.45) is 0 Å². The van der Waals surface area contributed by atoms with Gasteiger partial charge in [0.15, 0.2) is 0 Å². The maximum absolute atomic E-state index is 11.3. The molecule has 1 aromatic carbocycles. The quantitative estimate of drug-likeness (QED) is 0.801. The van der Waals surface area contributed by atoms with Gasteiger partial charge in [-0.15, -0.1) is 0 Å². The van der Waals surface area contributed by atoms with Crippen LogP contribution in [0.15, 0.2) is 36.5 Å². The van der Waals surface area contributed by atoms with Gasteiger partial charge in [-0.2, -0.15) is 0 Å². The van der Waals surface area contributed by atoms with Crippen LogP contribution in [0.5, 0.6) is 0 Å². The van der Waals surface area contributed by atoms with E-state index in [-0.39, 0.29) is 6.03 Å². The number of carbonyl (C=O) groups excluding carboxylic acids is 1. The highest BCUT2D eigenvalue weighted by Gasteiger charge is 1.99. The second kappa shape index (κ2) is 6.67. The van der Waals surface area contributed by atoms with E-state index in [9.17, 15) is 4.79 Å². The van der Waals surface area contributed by atoms with Gasteiger partial charge in [0.25, 0.3) is 0 Å². The zero-order valence-corrected chi connectivity index (χ0v) is 9.79. The summed E-state index contributed by atoms with van der Waals surface area (Å²) in [6.45, 7) is 4.60. The molecular weight excluding hydrogens is 200 g/mol. The lowest BCUT2D eigenvalue weighted by molar-refractivity contribution is 0.243. The van der Waals surface area contributed by atoms with E-state index in [1.807, 2.05) is 44.2 Å². The van der Waals surface area contributed by atoms with E-state index in [0.29, 0.717) is 6.54 Å². The fourth-order valence-electron chi connectivity index (χ4n) is 1.29. The molecule has 0 aromatic heterocycles. The number of amides is 2. The molecule has 0 saturated heterocycles. The molecule has 1 rings (SSSR count). The summed E-state index contributed by atoms with van der Waals surface area (Å²) in [6, 6.07) is 7.83. The number of nitrogens with one attached hydrogen (secondary N) is 2. The van der Waals surface area contributed by atoms with Crippen LogP contribution >= 0.6 is 0 Å².